The lowest BCUT2D eigenvalue weighted by Crippen LogP contribution is -2.54. The maximum absolute atomic E-state index is 12.5. The van der Waals surface area contributed by atoms with Crippen molar-refractivity contribution >= 4 is 16.2 Å². The molecule has 2 rings (SSSR count). The van der Waals surface area contributed by atoms with Gasteiger partial charge in [0.25, 0.3) is 10.2 Å². The highest BCUT2D eigenvalue weighted by molar-refractivity contribution is 7.86. The van der Waals surface area contributed by atoms with Gasteiger partial charge in [-0.3, -0.25) is 4.79 Å². The van der Waals surface area contributed by atoms with Gasteiger partial charge in [-0.15, -0.1) is 0 Å². The molecule has 2 atom stereocenters. The lowest BCUT2D eigenvalue weighted by Gasteiger charge is -2.39. The molecule has 0 aromatic heterocycles. The molecule has 0 amide bonds. The molecule has 2 unspecified atom stereocenters. The Hall–Kier alpha value is -0.700. The molecule has 0 saturated carbocycles. The Labute approximate surface area is 113 Å². The molecule has 1 N–H and O–H groups in total. The van der Waals surface area contributed by atoms with E-state index in [2.05, 4.69) is 0 Å². The predicted octanol–water partition coefficient (Wildman–Crippen LogP) is -0.251. The first-order valence-electron chi connectivity index (χ1n) is 6.50. The van der Waals surface area contributed by atoms with Crippen LogP contribution in [0.2, 0.25) is 0 Å². The Morgan fingerprint density at radius 1 is 1.26 bits per heavy atom. The zero-order valence-corrected chi connectivity index (χ0v) is 11.8. The third kappa shape index (κ3) is 3.07. The molecule has 0 bridgehead atoms. The van der Waals surface area contributed by atoms with Gasteiger partial charge in [0, 0.05) is 25.7 Å². The molecular formula is C11H20N2O5S. The number of hydrogen-bond donors (Lipinski definition) is 1. The van der Waals surface area contributed by atoms with Crippen molar-refractivity contribution in [3.05, 3.63) is 0 Å². The first kappa shape index (κ1) is 14.7. The summed E-state index contributed by atoms with van der Waals surface area (Å²) < 4.78 is 33.0. The van der Waals surface area contributed by atoms with Gasteiger partial charge in [0.1, 0.15) is 0 Å². The number of carboxylic acid groups (broad SMARTS) is 1. The van der Waals surface area contributed by atoms with E-state index in [4.69, 9.17) is 9.84 Å². The number of aliphatic carboxylic acids is 1. The molecule has 0 radical (unpaired) electrons. The van der Waals surface area contributed by atoms with Gasteiger partial charge in [0.05, 0.1) is 19.1 Å². The minimum atomic E-state index is -3.49. The van der Waals surface area contributed by atoms with Crippen molar-refractivity contribution in [1.29, 1.82) is 0 Å². The molecule has 19 heavy (non-hydrogen) atoms. The van der Waals surface area contributed by atoms with E-state index < -0.39 is 22.1 Å². The third-order valence-corrected chi connectivity index (χ3v) is 5.91. The van der Waals surface area contributed by atoms with Crippen molar-refractivity contribution in [2.45, 2.75) is 25.8 Å². The summed E-state index contributed by atoms with van der Waals surface area (Å²) in [5.74, 6) is -1.28. The monoisotopic (exact) mass is 292 g/mol. The fourth-order valence-corrected chi connectivity index (χ4v) is 4.43. The molecule has 2 aliphatic heterocycles. The summed E-state index contributed by atoms with van der Waals surface area (Å²) in [4.78, 5) is 11.0. The van der Waals surface area contributed by atoms with Crippen LogP contribution in [0.4, 0.5) is 0 Å². The van der Waals surface area contributed by atoms with E-state index in [0.29, 0.717) is 39.1 Å². The van der Waals surface area contributed by atoms with E-state index in [1.54, 1.807) is 6.92 Å². The molecule has 2 aliphatic rings. The Bertz CT molecular complexity index is 432. The van der Waals surface area contributed by atoms with Gasteiger partial charge < -0.3 is 9.84 Å². The number of carbonyl (C=O) groups is 1. The quantitative estimate of drug-likeness (QED) is 0.775. The number of carboxylic acids is 1. The van der Waals surface area contributed by atoms with Crippen LogP contribution in [0, 0.1) is 5.92 Å². The smallest absolute Gasteiger partial charge is 0.306 e. The summed E-state index contributed by atoms with van der Waals surface area (Å²) in [7, 11) is -3.49. The SMILES string of the molecule is CC1CC(C(=O)O)CCN1S(=O)(=O)N1CCOCC1. The number of morpholine rings is 1. The normalized spacial score (nSPS) is 31.2. The lowest BCUT2D eigenvalue weighted by molar-refractivity contribution is -0.143. The molecule has 0 spiro atoms. The number of piperidine rings is 1. The standard InChI is InChI=1S/C11H20N2O5S/c1-9-8-10(11(14)15)2-3-13(9)19(16,17)12-4-6-18-7-5-12/h9-10H,2-8H2,1H3,(H,14,15). The highest BCUT2D eigenvalue weighted by atomic mass is 32.2. The topological polar surface area (TPSA) is 87.2 Å². The van der Waals surface area contributed by atoms with Gasteiger partial charge in [-0.2, -0.15) is 17.0 Å². The Morgan fingerprint density at radius 3 is 2.42 bits per heavy atom. The fraction of sp³-hybridized carbons (Fsp3) is 0.909. The van der Waals surface area contributed by atoms with Crippen LogP contribution in [-0.2, 0) is 19.7 Å². The van der Waals surface area contributed by atoms with Gasteiger partial charge >= 0.3 is 5.97 Å². The zero-order valence-electron chi connectivity index (χ0n) is 11.0. The molecule has 8 heteroatoms. The number of rotatable bonds is 3. The maximum atomic E-state index is 12.5. The van der Waals surface area contributed by atoms with Gasteiger partial charge in [-0.25, -0.2) is 0 Å². The van der Waals surface area contributed by atoms with Crippen LogP contribution < -0.4 is 0 Å². The van der Waals surface area contributed by atoms with Crippen molar-refractivity contribution in [2.75, 3.05) is 32.8 Å². The fourth-order valence-electron chi connectivity index (χ4n) is 2.64. The van der Waals surface area contributed by atoms with E-state index in [0.717, 1.165) is 0 Å². The van der Waals surface area contributed by atoms with Crippen molar-refractivity contribution in [3.8, 4) is 0 Å². The van der Waals surface area contributed by atoms with Crippen LogP contribution in [-0.4, -0.2) is 67.0 Å². The van der Waals surface area contributed by atoms with Crippen LogP contribution >= 0.6 is 0 Å². The van der Waals surface area contributed by atoms with E-state index >= 15 is 0 Å². The molecule has 110 valence electrons. The van der Waals surface area contributed by atoms with Crippen LogP contribution in [0.1, 0.15) is 19.8 Å². The van der Waals surface area contributed by atoms with Crippen molar-refractivity contribution in [1.82, 2.24) is 8.61 Å². The Balaban J connectivity index is 2.07. The van der Waals surface area contributed by atoms with Gasteiger partial charge in [0.15, 0.2) is 0 Å². The second kappa shape index (κ2) is 5.74. The molecule has 7 nitrogen and oxygen atoms in total. The van der Waals surface area contributed by atoms with E-state index in [1.165, 1.54) is 8.61 Å². The molecular weight excluding hydrogens is 272 g/mol. The van der Waals surface area contributed by atoms with Crippen molar-refractivity contribution in [3.63, 3.8) is 0 Å². The van der Waals surface area contributed by atoms with Gasteiger partial charge in [0.2, 0.25) is 0 Å². The van der Waals surface area contributed by atoms with E-state index in [1.807, 2.05) is 0 Å². The van der Waals surface area contributed by atoms with Crippen molar-refractivity contribution < 1.29 is 23.1 Å². The third-order valence-electron chi connectivity index (χ3n) is 3.76. The van der Waals surface area contributed by atoms with E-state index in [-0.39, 0.29) is 12.6 Å². The highest BCUT2D eigenvalue weighted by Gasteiger charge is 2.39. The summed E-state index contributed by atoms with van der Waals surface area (Å²) in [6.45, 7) is 3.62. The van der Waals surface area contributed by atoms with Crippen molar-refractivity contribution in [2.24, 2.45) is 5.92 Å². The minimum absolute atomic E-state index is 0.275. The molecule has 0 aromatic carbocycles. The Morgan fingerprint density at radius 2 is 1.89 bits per heavy atom. The zero-order chi connectivity index (χ0) is 14.0. The van der Waals surface area contributed by atoms with Crippen LogP contribution in [0.25, 0.3) is 0 Å². The molecule has 0 aromatic rings. The van der Waals surface area contributed by atoms with E-state index in [9.17, 15) is 13.2 Å². The molecule has 2 heterocycles. The van der Waals surface area contributed by atoms with Crippen LogP contribution in [0.5, 0.6) is 0 Å². The molecule has 2 fully saturated rings. The first-order chi connectivity index (χ1) is 8.93. The highest BCUT2D eigenvalue weighted by Crippen LogP contribution is 2.27. The summed E-state index contributed by atoms with van der Waals surface area (Å²) >= 11 is 0. The molecule has 0 aliphatic carbocycles. The largest absolute Gasteiger partial charge is 0.481 e. The van der Waals surface area contributed by atoms with Crippen LogP contribution in [0.15, 0.2) is 0 Å². The summed E-state index contributed by atoms with van der Waals surface area (Å²) in [6, 6.07) is -0.275. The maximum Gasteiger partial charge on any atom is 0.306 e. The number of hydrogen-bond acceptors (Lipinski definition) is 4. The average Bonchev–Trinajstić information content (AvgIpc) is 2.39. The predicted molar refractivity (Wildman–Crippen MR) is 67.8 cm³/mol. The number of nitrogens with zero attached hydrogens (tertiary/aromatic N) is 2. The first-order valence-corrected chi connectivity index (χ1v) is 7.90. The average molecular weight is 292 g/mol. The minimum Gasteiger partial charge on any atom is -0.481 e. The second-order valence-electron chi connectivity index (χ2n) is 5.04. The van der Waals surface area contributed by atoms with Crippen LogP contribution in [0.3, 0.4) is 0 Å². The summed E-state index contributed by atoms with van der Waals surface area (Å²) in [5.41, 5.74) is 0. The van der Waals surface area contributed by atoms with Gasteiger partial charge in [-0.1, -0.05) is 0 Å². The summed E-state index contributed by atoms with van der Waals surface area (Å²) in [5, 5.41) is 9.00. The number of ether oxygens (including phenoxy) is 1. The summed E-state index contributed by atoms with van der Waals surface area (Å²) in [6.07, 6.45) is 0.752. The molecule has 2 saturated heterocycles. The lowest BCUT2D eigenvalue weighted by atomic mass is 9.93. The van der Waals surface area contributed by atoms with Gasteiger partial charge in [-0.05, 0) is 19.8 Å². The Kier molecular flexibility index (Phi) is 4.44. The second-order valence-corrected chi connectivity index (χ2v) is 6.92.